The number of nitrogens with one attached hydrogen (secondary N) is 1. The molecule has 0 radical (unpaired) electrons. The van der Waals surface area contributed by atoms with Gasteiger partial charge in [-0.1, -0.05) is 29.8 Å². The molecule has 0 saturated carbocycles. The minimum Gasteiger partial charge on any atom is -0.371 e. The quantitative estimate of drug-likeness (QED) is 0.473. The molecule has 38 heavy (non-hydrogen) atoms. The van der Waals surface area contributed by atoms with Crippen LogP contribution in [0.2, 0.25) is 5.02 Å². The van der Waals surface area contributed by atoms with Crippen molar-refractivity contribution in [3.63, 3.8) is 0 Å². The van der Waals surface area contributed by atoms with E-state index >= 15 is 0 Å². The first-order valence-electron chi connectivity index (χ1n) is 13.6. The van der Waals surface area contributed by atoms with Crippen LogP contribution in [0.25, 0.3) is 0 Å². The Balaban J connectivity index is 1.11. The summed E-state index contributed by atoms with van der Waals surface area (Å²) in [6.07, 6.45) is 9.90. The molecule has 3 aromatic rings. The molecule has 196 valence electrons. The van der Waals surface area contributed by atoms with Gasteiger partial charge in [-0.15, -0.1) is 0 Å². The molecule has 3 heterocycles. The summed E-state index contributed by atoms with van der Waals surface area (Å²) in [4.78, 5) is 35.1. The highest BCUT2D eigenvalue weighted by molar-refractivity contribution is 6.33. The number of aromatic nitrogens is 1. The van der Waals surface area contributed by atoms with E-state index in [1.807, 2.05) is 41.6 Å². The van der Waals surface area contributed by atoms with Crippen molar-refractivity contribution < 1.29 is 9.59 Å². The number of fused-ring (bicyclic) bond motifs is 1. The summed E-state index contributed by atoms with van der Waals surface area (Å²) in [7, 11) is 0. The smallest absolute Gasteiger partial charge is 0.253 e. The third-order valence-corrected chi connectivity index (χ3v) is 9.02. The zero-order valence-electron chi connectivity index (χ0n) is 21.5. The van der Waals surface area contributed by atoms with Gasteiger partial charge in [-0.3, -0.25) is 14.6 Å². The Morgan fingerprint density at radius 2 is 1.76 bits per heavy atom. The highest BCUT2D eigenvalue weighted by Gasteiger charge is 2.39. The minimum atomic E-state index is -0.181. The van der Waals surface area contributed by atoms with Gasteiger partial charge < -0.3 is 15.1 Å². The summed E-state index contributed by atoms with van der Waals surface area (Å²) in [6.45, 7) is 3.70. The van der Waals surface area contributed by atoms with Crippen molar-refractivity contribution in [3.8, 4) is 0 Å². The first-order valence-corrected chi connectivity index (χ1v) is 14.0. The number of likely N-dealkylation sites (tertiary alicyclic amines) is 1. The zero-order chi connectivity index (χ0) is 26.1. The number of anilines is 1. The third-order valence-electron chi connectivity index (χ3n) is 8.69. The van der Waals surface area contributed by atoms with Crippen molar-refractivity contribution in [1.29, 1.82) is 0 Å². The van der Waals surface area contributed by atoms with Crippen LogP contribution in [0.5, 0.6) is 0 Å². The molecule has 1 aliphatic carbocycles. The fourth-order valence-corrected chi connectivity index (χ4v) is 6.75. The van der Waals surface area contributed by atoms with E-state index in [0.29, 0.717) is 16.1 Å². The Morgan fingerprint density at radius 1 is 0.974 bits per heavy atom. The largest absolute Gasteiger partial charge is 0.371 e. The summed E-state index contributed by atoms with van der Waals surface area (Å²) in [5.74, 6) is -0.0904. The van der Waals surface area contributed by atoms with Crippen LogP contribution in [0.3, 0.4) is 0 Å². The molecule has 2 fully saturated rings. The Morgan fingerprint density at radius 3 is 2.55 bits per heavy atom. The molecular weight excluding hydrogens is 496 g/mol. The number of pyridine rings is 1. The monoisotopic (exact) mass is 528 g/mol. The van der Waals surface area contributed by atoms with Crippen LogP contribution in [0.15, 0.2) is 67.0 Å². The number of nitrogens with zero attached hydrogens (tertiary/aromatic N) is 3. The topological polar surface area (TPSA) is 65.5 Å². The van der Waals surface area contributed by atoms with Crippen LogP contribution in [-0.2, 0) is 6.42 Å². The van der Waals surface area contributed by atoms with Crippen molar-refractivity contribution in [1.82, 2.24) is 15.2 Å². The lowest BCUT2D eigenvalue weighted by Crippen LogP contribution is -2.50. The fraction of sp³-hybridized carbons (Fsp3) is 0.387. The van der Waals surface area contributed by atoms with Gasteiger partial charge in [0, 0.05) is 49.8 Å². The average Bonchev–Trinajstić information content (AvgIpc) is 3.35. The van der Waals surface area contributed by atoms with Gasteiger partial charge in [-0.25, -0.2) is 0 Å². The first kappa shape index (κ1) is 24.9. The molecule has 2 aliphatic heterocycles. The lowest BCUT2D eigenvalue weighted by molar-refractivity contribution is 0.0541. The second-order valence-corrected chi connectivity index (χ2v) is 11.4. The second-order valence-electron chi connectivity index (χ2n) is 11.0. The van der Waals surface area contributed by atoms with Crippen LogP contribution >= 0.6 is 11.6 Å². The number of hydrogen-bond acceptors (Lipinski definition) is 4. The van der Waals surface area contributed by atoms with Crippen molar-refractivity contribution >= 4 is 29.1 Å². The van der Waals surface area contributed by atoms with Crippen LogP contribution in [0, 0.1) is 5.41 Å². The molecule has 3 aliphatic rings. The normalized spacial score (nSPS) is 20.3. The molecule has 2 aromatic carbocycles. The molecule has 0 bridgehead atoms. The van der Waals surface area contributed by atoms with E-state index in [-0.39, 0.29) is 23.3 Å². The van der Waals surface area contributed by atoms with E-state index in [1.165, 1.54) is 24.1 Å². The molecule has 7 heteroatoms. The zero-order valence-corrected chi connectivity index (χ0v) is 22.3. The van der Waals surface area contributed by atoms with E-state index in [2.05, 4.69) is 33.4 Å². The highest BCUT2D eigenvalue weighted by Crippen LogP contribution is 2.41. The number of carbonyl (C=O) groups is 2. The molecule has 1 N–H and O–H groups in total. The highest BCUT2D eigenvalue weighted by atomic mass is 35.5. The Hall–Kier alpha value is -3.38. The second kappa shape index (κ2) is 10.4. The summed E-state index contributed by atoms with van der Waals surface area (Å²) in [5.41, 5.74) is 4.94. The molecule has 1 atom stereocenters. The SMILES string of the molecule is O=C(N[C@@H]1CCc2ccc(C(=O)N3CCC4(CCCN(c5ccncc5)C4)CC3)cc21)c1ccccc1Cl. The van der Waals surface area contributed by atoms with Gasteiger partial charge in [0.2, 0.25) is 0 Å². The molecular formula is C31H33ClN4O2. The predicted octanol–water partition coefficient (Wildman–Crippen LogP) is 5.68. The standard InChI is InChI=1S/C31H33ClN4O2/c32-27-5-2-1-4-25(27)29(37)34-28-9-8-22-6-7-23(20-26(22)28)30(38)35-18-13-31(14-19-35)12-3-17-36(21-31)24-10-15-33-16-11-24/h1-2,4-7,10-11,15-16,20,28H,3,8-9,12-14,17-19,21H2,(H,34,37)/t28-/m1/s1. The van der Waals surface area contributed by atoms with E-state index in [0.717, 1.165) is 57.4 Å². The molecule has 6 rings (SSSR count). The number of carbonyl (C=O) groups excluding carboxylic acids is 2. The van der Waals surface area contributed by atoms with Crippen LogP contribution < -0.4 is 10.2 Å². The number of piperidine rings is 2. The number of benzene rings is 2. The summed E-state index contributed by atoms with van der Waals surface area (Å²) in [5, 5.41) is 3.58. The maximum Gasteiger partial charge on any atom is 0.253 e. The molecule has 2 amide bonds. The van der Waals surface area contributed by atoms with E-state index in [4.69, 9.17) is 11.6 Å². The molecule has 0 unspecified atom stereocenters. The predicted molar refractivity (Wildman–Crippen MR) is 150 cm³/mol. The number of hydrogen-bond donors (Lipinski definition) is 1. The minimum absolute atomic E-state index is 0.0903. The summed E-state index contributed by atoms with van der Waals surface area (Å²) in [6, 6.07) is 17.2. The van der Waals surface area contributed by atoms with Gasteiger partial charge >= 0.3 is 0 Å². The summed E-state index contributed by atoms with van der Waals surface area (Å²) >= 11 is 6.23. The lowest BCUT2D eigenvalue weighted by atomic mass is 9.72. The van der Waals surface area contributed by atoms with Gasteiger partial charge in [0.25, 0.3) is 11.8 Å². The average molecular weight is 529 g/mol. The molecule has 1 spiro atoms. The Kier molecular flexibility index (Phi) is 6.83. The first-order chi connectivity index (χ1) is 18.5. The maximum atomic E-state index is 13.6. The number of aryl methyl sites for hydroxylation is 1. The van der Waals surface area contributed by atoms with E-state index in [9.17, 15) is 9.59 Å². The van der Waals surface area contributed by atoms with Crippen molar-refractivity contribution in [2.75, 3.05) is 31.1 Å². The number of rotatable bonds is 4. The molecule has 1 aromatic heterocycles. The Bertz CT molecular complexity index is 1340. The van der Waals surface area contributed by atoms with Gasteiger partial charge in [-0.05, 0) is 91.5 Å². The number of amides is 2. The molecule has 2 saturated heterocycles. The van der Waals surface area contributed by atoms with Crippen LogP contribution in [0.4, 0.5) is 5.69 Å². The van der Waals surface area contributed by atoms with Gasteiger partial charge in [0.1, 0.15) is 0 Å². The lowest BCUT2D eigenvalue weighted by Gasteiger charge is -2.48. The summed E-state index contributed by atoms with van der Waals surface area (Å²) < 4.78 is 0. The van der Waals surface area contributed by atoms with Crippen molar-refractivity contribution in [2.24, 2.45) is 5.41 Å². The van der Waals surface area contributed by atoms with Crippen molar-refractivity contribution in [2.45, 2.75) is 44.6 Å². The maximum absolute atomic E-state index is 13.6. The third kappa shape index (κ3) is 4.90. The Labute approximate surface area is 229 Å². The van der Waals surface area contributed by atoms with E-state index < -0.39 is 0 Å². The van der Waals surface area contributed by atoms with Gasteiger partial charge in [0.15, 0.2) is 0 Å². The fourth-order valence-electron chi connectivity index (χ4n) is 6.52. The van der Waals surface area contributed by atoms with Crippen LogP contribution in [0.1, 0.15) is 70.0 Å². The molecule has 6 nitrogen and oxygen atoms in total. The van der Waals surface area contributed by atoms with Crippen molar-refractivity contribution in [3.05, 3.63) is 94.3 Å². The van der Waals surface area contributed by atoms with Crippen LogP contribution in [-0.4, -0.2) is 47.9 Å². The van der Waals surface area contributed by atoms with E-state index in [1.54, 1.807) is 12.1 Å². The van der Waals surface area contributed by atoms with Gasteiger partial charge in [-0.2, -0.15) is 0 Å². The van der Waals surface area contributed by atoms with Gasteiger partial charge in [0.05, 0.1) is 16.6 Å². The number of halogens is 1.